The molecule has 0 bridgehead atoms. The predicted molar refractivity (Wildman–Crippen MR) is 2.75 cm³/mol. The summed E-state index contributed by atoms with van der Waals surface area (Å²) in [5, 5.41) is 0. The van der Waals surface area contributed by atoms with E-state index in [2.05, 4.69) is 63.8 Å². The van der Waals surface area contributed by atoms with Crippen molar-refractivity contribution in [2.24, 2.45) is 0 Å². The van der Waals surface area contributed by atoms with Crippen LogP contribution in [-0.2, 0) is 79.1 Å². The van der Waals surface area contributed by atoms with E-state index in [0.29, 0.717) is 0 Å². The molecule has 0 radical (unpaired) electrons. The summed E-state index contributed by atoms with van der Waals surface area (Å²) < 4.78 is 31.2. The Balaban J connectivity index is -0.0000000133. The monoisotopic (exact) mass is 316 g/mol. The van der Waals surface area contributed by atoms with E-state index in [1.165, 1.54) is 0 Å². The first-order chi connectivity index (χ1) is 4.00. The molecule has 0 saturated carbocycles. The van der Waals surface area contributed by atoms with Crippen molar-refractivity contribution in [3.63, 3.8) is 0 Å². The summed E-state index contributed by atoms with van der Waals surface area (Å²) in [5.74, 6) is 0. The molecule has 0 N–H and O–H groups in total. The van der Waals surface area contributed by atoms with Gasteiger partial charge in [0.1, 0.15) is 0 Å². The molecular weight excluding hydrogens is 318 g/mol. The van der Waals surface area contributed by atoms with Gasteiger partial charge in [-0.25, -0.2) is 0 Å². The standard InChI is InChI=1S/4Cu.4O. The van der Waals surface area contributed by atoms with E-state index in [0.717, 1.165) is 0 Å². The maximum absolute atomic E-state index is 7.81. The molecule has 0 unspecified atom stereocenters. The van der Waals surface area contributed by atoms with Gasteiger partial charge in [0.05, 0.1) is 0 Å². The van der Waals surface area contributed by atoms with Crippen LogP contribution in [0.3, 0.4) is 0 Å². The summed E-state index contributed by atoms with van der Waals surface area (Å²) >= 11 is 11.8. The van der Waals surface area contributed by atoms with Crippen LogP contribution in [0.2, 0.25) is 0 Å². The maximum atomic E-state index is 7.81. The molecule has 0 fully saturated rings. The van der Waals surface area contributed by atoms with Crippen LogP contribution in [-0.4, -0.2) is 0 Å². The summed E-state index contributed by atoms with van der Waals surface area (Å²) in [4.78, 5) is 0. The van der Waals surface area contributed by atoms with Crippen molar-refractivity contribution in [3.8, 4) is 0 Å². The zero-order valence-electron chi connectivity index (χ0n) is 2.84. The van der Waals surface area contributed by atoms with Gasteiger partial charge in [0, 0.05) is 0 Å². The fourth-order valence-electron chi connectivity index (χ4n) is 0. The zero-order valence-corrected chi connectivity index (χ0v) is 6.61. The molecule has 0 heterocycles. The predicted octanol–water partition coefficient (Wildman–Crippen LogP) is -0.485. The van der Waals surface area contributed by atoms with Gasteiger partial charge >= 0.3 is 79.1 Å². The topological polar surface area (TPSA) is 68.3 Å². The Morgan fingerprint density at radius 3 is 0.375 bits per heavy atom. The fraction of sp³-hybridized carbons (Fsp3) is 0. The van der Waals surface area contributed by atoms with Gasteiger partial charge in [0.15, 0.2) is 0 Å². The SMILES string of the molecule is [O]=[Cu].[O]=[Cu].[O]=[Cu].[O]=[Cu]. The first-order valence-electron chi connectivity index (χ1n) is 0.492. The molecule has 0 atom stereocenters. The van der Waals surface area contributed by atoms with E-state index in [9.17, 15) is 0 Å². The van der Waals surface area contributed by atoms with Crippen molar-refractivity contribution in [2.75, 3.05) is 0 Å². The fourth-order valence-corrected chi connectivity index (χ4v) is 0. The minimum atomic E-state index is 2.94. The molecule has 0 aliphatic carbocycles. The molecule has 8 heteroatoms. The van der Waals surface area contributed by atoms with Gasteiger partial charge in [-0.2, -0.15) is 0 Å². The van der Waals surface area contributed by atoms with Crippen molar-refractivity contribution in [1.29, 1.82) is 0 Å². The van der Waals surface area contributed by atoms with Gasteiger partial charge in [-0.1, -0.05) is 0 Å². The molecule has 0 rings (SSSR count). The molecule has 0 aliphatic heterocycles. The van der Waals surface area contributed by atoms with E-state index in [1.807, 2.05) is 0 Å². The third-order valence-corrected chi connectivity index (χ3v) is 0. The van der Waals surface area contributed by atoms with Crippen LogP contribution >= 0.6 is 0 Å². The summed E-state index contributed by atoms with van der Waals surface area (Å²) in [6.07, 6.45) is 0. The van der Waals surface area contributed by atoms with E-state index < -0.39 is 0 Å². The number of rotatable bonds is 0. The van der Waals surface area contributed by atoms with Crippen molar-refractivity contribution >= 4 is 0 Å². The Kier molecular flexibility index (Phi) is 766. The molecule has 68 valence electrons. The molecule has 0 amide bonds. The Morgan fingerprint density at radius 1 is 0.375 bits per heavy atom. The third-order valence-electron chi connectivity index (χ3n) is 0. The molecule has 8 heavy (non-hydrogen) atoms. The van der Waals surface area contributed by atoms with Crippen LogP contribution in [0, 0.1) is 0 Å². The van der Waals surface area contributed by atoms with Gasteiger partial charge in [0.2, 0.25) is 0 Å². The van der Waals surface area contributed by atoms with Crippen LogP contribution in [0.4, 0.5) is 0 Å². The molecule has 0 aromatic heterocycles. The molecule has 0 aliphatic rings. The second kappa shape index (κ2) is 268. The Labute approximate surface area is 78.6 Å². The second-order valence-electron chi connectivity index (χ2n) is 0. The first kappa shape index (κ1) is 22.8. The average molecular weight is 318 g/mol. The number of hydrogen-bond donors (Lipinski definition) is 0. The van der Waals surface area contributed by atoms with E-state index in [4.69, 9.17) is 15.3 Å². The van der Waals surface area contributed by atoms with Gasteiger partial charge in [-0.15, -0.1) is 0 Å². The summed E-state index contributed by atoms with van der Waals surface area (Å²) in [6, 6.07) is 0. The van der Waals surface area contributed by atoms with Crippen LogP contribution in [0.1, 0.15) is 0 Å². The average Bonchev–Trinajstić information content (AvgIpc) is 2.03. The second-order valence-corrected chi connectivity index (χ2v) is 0. The van der Waals surface area contributed by atoms with Crippen LogP contribution < -0.4 is 0 Å². The van der Waals surface area contributed by atoms with Crippen molar-refractivity contribution in [3.05, 3.63) is 0 Å². The van der Waals surface area contributed by atoms with Crippen molar-refractivity contribution < 1.29 is 79.1 Å². The Bertz CT molecular complexity index is 16.0. The molecule has 0 spiro atoms. The van der Waals surface area contributed by atoms with Crippen molar-refractivity contribution in [2.45, 2.75) is 0 Å². The van der Waals surface area contributed by atoms with Crippen LogP contribution in [0.25, 0.3) is 0 Å². The summed E-state index contributed by atoms with van der Waals surface area (Å²) in [6.45, 7) is 0. The van der Waals surface area contributed by atoms with Crippen molar-refractivity contribution in [1.82, 2.24) is 0 Å². The Hall–Kier alpha value is 1.28. The molecular formula is Cu4O4. The summed E-state index contributed by atoms with van der Waals surface area (Å²) in [7, 11) is 0. The molecule has 4 nitrogen and oxygen atoms in total. The molecule has 0 aromatic carbocycles. The van der Waals surface area contributed by atoms with E-state index >= 15 is 0 Å². The number of hydrogen-bond acceptors (Lipinski definition) is 4. The van der Waals surface area contributed by atoms with E-state index in [-0.39, 0.29) is 0 Å². The van der Waals surface area contributed by atoms with Crippen LogP contribution in [0.15, 0.2) is 0 Å². The van der Waals surface area contributed by atoms with Gasteiger partial charge in [-0.05, 0) is 0 Å². The zero-order chi connectivity index (χ0) is 8.00. The van der Waals surface area contributed by atoms with Crippen LogP contribution in [0.5, 0.6) is 0 Å². The first-order valence-corrected chi connectivity index (χ1v) is 2.03. The van der Waals surface area contributed by atoms with Gasteiger partial charge < -0.3 is 0 Å². The van der Waals surface area contributed by atoms with Gasteiger partial charge in [0.25, 0.3) is 0 Å². The normalized spacial score (nSPS) is 3.00. The third kappa shape index (κ3) is 176. The molecule has 0 aromatic rings. The summed E-state index contributed by atoms with van der Waals surface area (Å²) in [5.41, 5.74) is 0. The quantitative estimate of drug-likeness (QED) is 0.566. The molecule has 0 saturated heterocycles. The van der Waals surface area contributed by atoms with Gasteiger partial charge in [-0.3, -0.25) is 0 Å². The Morgan fingerprint density at radius 2 is 0.375 bits per heavy atom. The minimum absolute atomic E-state index is 2.94. The van der Waals surface area contributed by atoms with E-state index in [1.54, 1.807) is 0 Å².